The summed E-state index contributed by atoms with van der Waals surface area (Å²) in [4.78, 5) is 12.7. The van der Waals surface area contributed by atoms with E-state index in [-0.39, 0.29) is 16.4 Å². The molecule has 3 aromatic carbocycles. The summed E-state index contributed by atoms with van der Waals surface area (Å²) in [6, 6.07) is 16.9. The number of nitrogens with zero attached hydrogens (tertiary/aromatic N) is 1. The summed E-state index contributed by atoms with van der Waals surface area (Å²) in [5.41, 5.74) is 1.79. The van der Waals surface area contributed by atoms with Gasteiger partial charge in [-0.25, -0.2) is 21.6 Å². The summed E-state index contributed by atoms with van der Waals surface area (Å²) in [6.07, 6.45) is 2.18. The van der Waals surface area contributed by atoms with E-state index in [1.807, 2.05) is 6.92 Å². The number of amides is 1. The van der Waals surface area contributed by atoms with Gasteiger partial charge in [0.15, 0.2) is 6.61 Å². The van der Waals surface area contributed by atoms with Crippen LogP contribution in [0.4, 0.5) is 11.4 Å². The Labute approximate surface area is 227 Å². The van der Waals surface area contributed by atoms with Gasteiger partial charge in [0.05, 0.1) is 15.5 Å². The van der Waals surface area contributed by atoms with Crippen LogP contribution < -0.4 is 19.1 Å². The van der Waals surface area contributed by atoms with Crippen molar-refractivity contribution in [2.75, 3.05) is 29.3 Å². The second-order valence-corrected chi connectivity index (χ2v) is 12.7. The van der Waals surface area contributed by atoms with Gasteiger partial charge in [-0.3, -0.25) is 9.10 Å². The van der Waals surface area contributed by atoms with Gasteiger partial charge in [-0.15, -0.1) is 0 Å². The molecule has 1 aliphatic rings. The van der Waals surface area contributed by atoms with Crippen LogP contribution >= 0.6 is 11.6 Å². The van der Waals surface area contributed by atoms with Gasteiger partial charge < -0.3 is 10.1 Å². The fourth-order valence-electron chi connectivity index (χ4n) is 3.94. The molecular weight excluding hydrogens is 550 g/mol. The third kappa shape index (κ3) is 6.47. The lowest BCUT2D eigenvalue weighted by Gasteiger charge is -2.20. The molecule has 12 heteroatoms. The monoisotopic (exact) mass is 577 g/mol. The van der Waals surface area contributed by atoms with Crippen molar-refractivity contribution >= 4 is 48.9 Å². The molecule has 202 valence electrons. The lowest BCUT2D eigenvalue weighted by molar-refractivity contribution is -0.118. The summed E-state index contributed by atoms with van der Waals surface area (Å²) >= 11 is 5.90. The number of hydrogen-bond donors (Lipinski definition) is 2. The second-order valence-electron chi connectivity index (χ2n) is 8.68. The van der Waals surface area contributed by atoms with Gasteiger partial charge in [-0.2, -0.15) is 0 Å². The standard InChI is InChI=1S/C26H28ClN3O6S2/c1-2-3-15-28-37(32,33)23-12-8-22(9-13-23)36-18-26(31)29-21-7-4-19-14-16-30(25(19)17-21)38(34,35)24-10-5-20(27)6-11-24/h4-13,17,28H,2-3,14-16,18H2,1H3,(H,29,31). The maximum atomic E-state index is 13.2. The van der Waals surface area contributed by atoms with Gasteiger partial charge in [0.2, 0.25) is 10.0 Å². The SMILES string of the molecule is CCCCNS(=O)(=O)c1ccc(OCC(=O)Nc2ccc3c(c2)N(S(=O)(=O)c2ccc(Cl)cc2)CC3)cc1. The van der Waals surface area contributed by atoms with E-state index in [2.05, 4.69) is 10.0 Å². The van der Waals surface area contributed by atoms with Crippen LogP contribution in [0.25, 0.3) is 0 Å². The molecular formula is C26H28ClN3O6S2. The Morgan fingerprint density at radius 2 is 1.66 bits per heavy atom. The highest BCUT2D eigenvalue weighted by Crippen LogP contribution is 2.35. The normalized spacial score (nSPS) is 13.3. The molecule has 0 unspecified atom stereocenters. The number of carbonyl (C=O) groups is 1. The minimum Gasteiger partial charge on any atom is -0.484 e. The third-order valence-electron chi connectivity index (χ3n) is 5.95. The number of carbonyl (C=O) groups excluding carboxylic acids is 1. The number of ether oxygens (including phenoxy) is 1. The molecule has 4 rings (SSSR count). The summed E-state index contributed by atoms with van der Waals surface area (Å²) < 4.78 is 60.3. The van der Waals surface area contributed by atoms with Gasteiger partial charge in [-0.1, -0.05) is 31.0 Å². The molecule has 1 amide bonds. The molecule has 0 radical (unpaired) electrons. The predicted octanol–water partition coefficient (Wildman–Crippen LogP) is 4.19. The van der Waals surface area contributed by atoms with Crippen molar-refractivity contribution in [3.63, 3.8) is 0 Å². The largest absolute Gasteiger partial charge is 0.484 e. The number of hydrogen-bond acceptors (Lipinski definition) is 6. The minimum atomic E-state index is -3.79. The molecule has 38 heavy (non-hydrogen) atoms. The molecule has 1 heterocycles. The highest BCUT2D eigenvalue weighted by atomic mass is 35.5. The van der Waals surface area contributed by atoms with Crippen LogP contribution in [0.1, 0.15) is 25.3 Å². The quantitative estimate of drug-likeness (QED) is 0.330. The average Bonchev–Trinajstić information content (AvgIpc) is 3.32. The summed E-state index contributed by atoms with van der Waals surface area (Å²) in [5.74, 6) is -0.116. The Morgan fingerprint density at radius 1 is 0.974 bits per heavy atom. The number of anilines is 2. The van der Waals surface area contributed by atoms with Gasteiger partial charge in [0.25, 0.3) is 15.9 Å². The van der Waals surface area contributed by atoms with E-state index >= 15 is 0 Å². The van der Waals surface area contributed by atoms with Crippen molar-refractivity contribution in [3.05, 3.63) is 77.3 Å². The maximum absolute atomic E-state index is 13.2. The lowest BCUT2D eigenvalue weighted by Crippen LogP contribution is -2.29. The fourth-order valence-corrected chi connectivity index (χ4v) is 6.63. The van der Waals surface area contributed by atoms with Crippen molar-refractivity contribution in [3.8, 4) is 5.75 Å². The van der Waals surface area contributed by atoms with E-state index in [1.54, 1.807) is 18.2 Å². The van der Waals surface area contributed by atoms with Crippen LogP contribution in [0, 0.1) is 0 Å². The average molecular weight is 578 g/mol. The third-order valence-corrected chi connectivity index (χ3v) is 9.51. The van der Waals surface area contributed by atoms with E-state index in [1.165, 1.54) is 52.8 Å². The fraction of sp³-hybridized carbons (Fsp3) is 0.269. The zero-order chi connectivity index (χ0) is 27.3. The highest BCUT2D eigenvalue weighted by molar-refractivity contribution is 7.92. The number of halogens is 1. The van der Waals surface area contributed by atoms with Crippen molar-refractivity contribution in [2.24, 2.45) is 0 Å². The number of nitrogens with one attached hydrogen (secondary N) is 2. The highest BCUT2D eigenvalue weighted by Gasteiger charge is 2.31. The molecule has 0 aromatic heterocycles. The molecule has 0 bridgehead atoms. The van der Waals surface area contributed by atoms with Crippen LogP contribution in [0.3, 0.4) is 0 Å². The zero-order valence-corrected chi connectivity index (χ0v) is 23.1. The second kappa shape index (κ2) is 11.7. The summed E-state index contributed by atoms with van der Waals surface area (Å²) in [7, 11) is -7.39. The Hall–Kier alpha value is -3.12. The summed E-state index contributed by atoms with van der Waals surface area (Å²) in [6.45, 7) is 2.32. The Balaban J connectivity index is 1.38. The number of unbranched alkanes of at least 4 members (excludes halogenated alkanes) is 1. The van der Waals surface area contributed by atoms with Crippen LogP contribution in [0.2, 0.25) is 5.02 Å². The number of sulfonamides is 2. The molecule has 0 spiro atoms. The van der Waals surface area contributed by atoms with E-state index in [0.29, 0.717) is 41.7 Å². The van der Waals surface area contributed by atoms with Crippen LogP contribution in [-0.4, -0.2) is 42.4 Å². The molecule has 3 aromatic rings. The Morgan fingerprint density at radius 3 is 2.34 bits per heavy atom. The molecule has 0 saturated heterocycles. The number of benzene rings is 3. The molecule has 0 fully saturated rings. The van der Waals surface area contributed by atoms with E-state index in [4.69, 9.17) is 16.3 Å². The first-order valence-electron chi connectivity index (χ1n) is 12.0. The van der Waals surface area contributed by atoms with E-state index in [0.717, 1.165) is 18.4 Å². The number of rotatable bonds is 11. The maximum Gasteiger partial charge on any atom is 0.264 e. The van der Waals surface area contributed by atoms with Crippen molar-refractivity contribution in [1.29, 1.82) is 0 Å². The predicted molar refractivity (Wildman–Crippen MR) is 147 cm³/mol. The Kier molecular flexibility index (Phi) is 8.61. The molecule has 0 aliphatic carbocycles. The Bertz CT molecular complexity index is 1510. The molecule has 9 nitrogen and oxygen atoms in total. The lowest BCUT2D eigenvalue weighted by atomic mass is 10.1. The topological polar surface area (TPSA) is 122 Å². The minimum absolute atomic E-state index is 0.113. The van der Waals surface area contributed by atoms with Gasteiger partial charge in [0, 0.05) is 23.8 Å². The van der Waals surface area contributed by atoms with Gasteiger partial charge in [-0.05, 0) is 79.1 Å². The van der Waals surface area contributed by atoms with Crippen LogP contribution in [0.5, 0.6) is 5.75 Å². The van der Waals surface area contributed by atoms with Crippen molar-refractivity contribution < 1.29 is 26.4 Å². The summed E-state index contributed by atoms with van der Waals surface area (Å²) in [5, 5.41) is 3.16. The van der Waals surface area contributed by atoms with Crippen LogP contribution in [0.15, 0.2) is 76.5 Å². The molecule has 1 aliphatic heterocycles. The van der Waals surface area contributed by atoms with Crippen LogP contribution in [-0.2, 0) is 31.3 Å². The van der Waals surface area contributed by atoms with E-state index < -0.39 is 26.0 Å². The van der Waals surface area contributed by atoms with Gasteiger partial charge >= 0.3 is 0 Å². The number of fused-ring (bicyclic) bond motifs is 1. The van der Waals surface area contributed by atoms with Gasteiger partial charge in [0.1, 0.15) is 5.75 Å². The molecule has 2 N–H and O–H groups in total. The molecule has 0 saturated carbocycles. The first-order chi connectivity index (χ1) is 18.1. The first kappa shape index (κ1) is 27.9. The van der Waals surface area contributed by atoms with Crippen molar-refractivity contribution in [1.82, 2.24) is 4.72 Å². The van der Waals surface area contributed by atoms with Crippen molar-refractivity contribution in [2.45, 2.75) is 36.0 Å². The molecule has 0 atom stereocenters. The first-order valence-corrected chi connectivity index (χ1v) is 15.3. The smallest absolute Gasteiger partial charge is 0.264 e. The van der Waals surface area contributed by atoms with E-state index in [9.17, 15) is 21.6 Å². The zero-order valence-electron chi connectivity index (χ0n) is 20.7.